The minimum Gasteiger partial charge on any atom is -0.359 e. The predicted octanol–water partition coefficient (Wildman–Crippen LogP) is 5.84. The molecule has 1 atom stereocenters. The summed E-state index contributed by atoms with van der Waals surface area (Å²) in [5.74, 6) is 0.894. The Labute approximate surface area is 204 Å². The smallest absolute Gasteiger partial charge is 0.151 e. The van der Waals surface area contributed by atoms with E-state index in [4.69, 9.17) is 21.3 Å². The Morgan fingerprint density at radius 1 is 1.15 bits per heavy atom. The monoisotopic (exact) mass is 496 g/mol. The number of rotatable bonds is 5. The zero-order valence-electron chi connectivity index (χ0n) is 17.8. The number of hydrogen-bond acceptors (Lipinski definition) is 6. The Morgan fingerprint density at radius 2 is 2.06 bits per heavy atom. The number of anilines is 2. The molecule has 5 rings (SSSR count). The Bertz CT molecular complexity index is 1350. The third-order valence-electron chi connectivity index (χ3n) is 5.30. The van der Waals surface area contributed by atoms with E-state index in [2.05, 4.69) is 9.71 Å². The Hall–Kier alpha value is -2.65. The van der Waals surface area contributed by atoms with E-state index in [-0.39, 0.29) is 0 Å². The van der Waals surface area contributed by atoms with Crippen LogP contribution in [0.1, 0.15) is 5.56 Å². The molecule has 1 aliphatic heterocycles. The van der Waals surface area contributed by atoms with Crippen molar-refractivity contribution in [1.82, 2.24) is 9.97 Å². The van der Waals surface area contributed by atoms with Gasteiger partial charge >= 0.3 is 0 Å². The van der Waals surface area contributed by atoms with Crippen LogP contribution in [0, 0.1) is 6.92 Å². The molecule has 0 radical (unpaired) electrons. The number of nitrogens with one attached hydrogen (secondary N) is 1. The SMILES string of the molecule is Cc1ccc(NS(=O)c2ccc(N3COCCS3)cc2Cl)cc1-c1ccc2cnccc2n1. The van der Waals surface area contributed by atoms with Crippen LogP contribution >= 0.6 is 23.5 Å². The van der Waals surface area contributed by atoms with Crippen LogP contribution in [0.25, 0.3) is 22.2 Å². The topological polar surface area (TPSA) is 67.4 Å². The van der Waals surface area contributed by atoms with E-state index < -0.39 is 11.0 Å². The summed E-state index contributed by atoms with van der Waals surface area (Å²) in [4.78, 5) is 9.44. The lowest BCUT2D eigenvalue weighted by molar-refractivity contribution is 0.154. The average Bonchev–Trinajstić information content (AvgIpc) is 2.85. The molecule has 4 aromatic rings. The van der Waals surface area contributed by atoms with Gasteiger partial charge in [0.15, 0.2) is 11.0 Å². The number of aryl methyl sites for hydroxylation is 1. The molecule has 1 saturated heterocycles. The van der Waals surface area contributed by atoms with E-state index in [0.29, 0.717) is 16.6 Å². The second-order valence-electron chi connectivity index (χ2n) is 7.53. The second kappa shape index (κ2) is 9.69. The highest BCUT2D eigenvalue weighted by Gasteiger charge is 2.16. The summed E-state index contributed by atoms with van der Waals surface area (Å²) in [5.41, 5.74) is 5.44. The van der Waals surface area contributed by atoms with E-state index >= 15 is 0 Å². The van der Waals surface area contributed by atoms with Crippen molar-refractivity contribution in [3.63, 3.8) is 0 Å². The van der Waals surface area contributed by atoms with Crippen molar-refractivity contribution in [2.75, 3.05) is 28.1 Å². The molecule has 0 spiro atoms. The van der Waals surface area contributed by atoms with Gasteiger partial charge in [-0.3, -0.25) is 9.29 Å². The van der Waals surface area contributed by atoms with E-state index in [9.17, 15) is 4.21 Å². The van der Waals surface area contributed by atoms with Gasteiger partial charge in [-0.05, 0) is 73.0 Å². The van der Waals surface area contributed by atoms with Crippen molar-refractivity contribution in [2.24, 2.45) is 0 Å². The predicted molar refractivity (Wildman–Crippen MR) is 137 cm³/mol. The largest absolute Gasteiger partial charge is 0.359 e. The van der Waals surface area contributed by atoms with Gasteiger partial charge < -0.3 is 9.46 Å². The number of nitrogens with zero attached hydrogens (tertiary/aromatic N) is 3. The molecular formula is C24H21ClN4O2S2. The maximum Gasteiger partial charge on any atom is 0.151 e. The third kappa shape index (κ3) is 4.84. The van der Waals surface area contributed by atoms with Crippen LogP contribution in [-0.2, 0) is 15.7 Å². The van der Waals surface area contributed by atoms with Gasteiger partial charge in [0.05, 0.1) is 33.4 Å². The molecule has 9 heteroatoms. The van der Waals surface area contributed by atoms with Crippen LogP contribution < -0.4 is 9.03 Å². The van der Waals surface area contributed by atoms with Crippen LogP contribution in [0.15, 0.2) is 71.9 Å². The number of benzene rings is 2. The molecule has 6 nitrogen and oxygen atoms in total. The molecule has 1 fully saturated rings. The number of pyridine rings is 2. The van der Waals surface area contributed by atoms with E-state index in [0.717, 1.165) is 51.5 Å². The molecule has 0 amide bonds. The quantitative estimate of drug-likeness (QED) is 0.350. The summed E-state index contributed by atoms with van der Waals surface area (Å²) in [6.45, 7) is 3.28. The fraction of sp³-hybridized carbons (Fsp3) is 0.167. The molecule has 1 aliphatic rings. The summed E-state index contributed by atoms with van der Waals surface area (Å²) in [7, 11) is -1.52. The first-order valence-electron chi connectivity index (χ1n) is 10.4. The van der Waals surface area contributed by atoms with E-state index in [1.165, 1.54) is 0 Å². The number of ether oxygens (including phenoxy) is 1. The Balaban J connectivity index is 1.38. The van der Waals surface area contributed by atoms with E-state index in [1.807, 2.05) is 59.8 Å². The minimum atomic E-state index is -1.52. The van der Waals surface area contributed by atoms with Gasteiger partial charge in [-0.15, -0.1) is 0 Å². The first kappa shape index (κ1) is 22.2. The summed E-state index contributed by atoms with van der Waals surface area (Å²) in [5, 5.41) is 1.43. The number of hydrogen-bond donors (Lipinski definition) is 1. The third-order valence-corrected chi connectivity index (χ3v) is 7.88. The molecule has 1 N–H and O–H groups in total. The Kier molecular flexibility index (Phi) is 6.50. The fourth-order valence-electron chi connectivity index (χ4n) is 3.57. The minimum absolute atomic E-state index is 0.446. The van der Waals surface area contributed by atoms with Crippen molar-refractivity contribution >= 4 is 56.8 Å². The molecule has 0 bridgehead atoms. The highest BCUT2D eigenvalue weighted by molar-refractivity contribution is 8.00. The highest BCUT2D eigenvalue weighted by Crippen LogP contribution is 2.32. The van der Waals surface area contributed by atoms with Crippen molar-refractivity contribution in [3.8, 4) is 11.3 Å². The summed E-state index contributed by atoms with van der Waals surface area (Å²) < 4.78 is 23.7. The number of halogens is 1. The summed E-state index contributed by atoms with van der Waals surface area (Å²) in [6.07, 6.45) is 3.53. The number of fused-ring (bicyclic) bond motifs is 1. The standard InChI is InChI=1S/C24H21ClN4O2S2/c1-16-2-4-18(12-20(16)23-6-3-17-14-26-9-8-22(17)27-23)28-33(30)24-7-5-19(13-21(24)25)29-15-31-10-11-32-29/h2-9,12-14,28H,10-11,15H2,1H3. The normalized spacial score (nSPS) is 14.9. The van der Waals surface area contributed by atoms with Crippen LogP contribution in [0.5, 0.6) is 0 Å². The van der Waals surface area contributed by atoms with Crippen molar-refractivity contribution in [1.29, 1.82) is 0 Å². The fourth-order valence-corrected chi connectivity index (χ4v) is 5.66. The molecule has 0 aliphatic carbocycles. The lowest BCUT2D eigenvalue weighted by atomic mass is 10.0. The van der Waals surface area contributed by atoms with Crippen LogP contribution in [0.4, 0.5) is 11.4 Å². The van der Waals surface area contributed by atoms with Crippen LogP contribution in [0.2, 0.25) is 5.02 Å². The zero-order valence-corrected chi connectivity index (χ0v) is 20.2. The molecule has 2 aromatic heterocycles. The van der Waals surface area contributed by atoms with Crippen LogP contribution in [0.3, 0.4) is 0 Å². The lowest BCUT2D eigenvalue weighted by Crippen LogP contribution is -2.25. The molecule has 168 valence electrons. The average molecular weight is 497 g/mol. The summed E-state index contributed by atoms with van der Waals surface area (Å²) in [6, 6.07) is 17.3. The zero-order chi connectivity index (χ0) is 22.8. The van der Waals surface area contributed by atoms with Crippen molar-refractivity contribution in [2.45, 2.75) is 11.8 Å². The van der Waals surface area contributed by atoms with Gasteiger partial charge in [0.1, 0.15) is 6.73 Å². The Morgan fingerprint density at radius 3 is 2.88 bits per heavy atom. The first-order chi connectivity index (χ1) is 16.1. The van der Waals surface area contributed by atoms with Gasteiger partial charge in [0.2, 0.25) is 0 Å². The molecule has 2 aromatic carbocycles. The van der Waals surface area contributed by atoms with Crippen LogP contribution in [-0.4, -0.2) is 33.3 Å². The highest BCUT2D eigenvalue weighted by atomic mass is 35.5. The maximum atomic E-state index is 13.1. The van der Waals surface area contributed by atoms with E-state index in [1.54, 1.807) is 30.4 Å². The maximum absolute atomic E-state index is 13.1. The molecular weight excluding hydrogens is 476 g/mol. The molecule has 33 heavy (non-hydrogen) atoms. The van der Waals surface area contributed by atoms with Crippen molar-refractivity contribution in [3.05, 3.63) is 77.6 Å². The lowest BCUT2D eigenvalue weighted by Gasteiger charge is -2.27. The van der Waals surface area contributed by atoms with Crippen molar-refractivity contribution < 1.29 is 8.95 Å². The molecule has 1 unspecified atom stereocenters. The van der Waals surface area contributed by atoms with Gasteiger partial charge in [-0.1, -0.05) is 17.7 Å². The summed E-state index contributed by atoms with van der Waals surface area (Å²) >= 11 is 8.18. The first-order valence-corrected chi connectivity index (χ1v) is 12.8. The number of aromatic nitrogens is 2. The second-order valence-corrected chi connectivity index (χ2v) is 10.2. The molecule has 0 saturated carbocycles. The van der Waals surface area contributed by atoms with Gasteiger partial charge in [-0.25, -0.2) is 9.19 Å². The van der Waals surface area contributed by atoms with Gasteiger partial charge in [-0.2, -0.15) is 0 Å². The molecule has 3 heterocycles. The van der Waals surface area contributed by atoms with Gasteiger partial charge in [0, 0.05) is 34.8 Å². The van der Waals surface area contributed by atoms with Gasteiger partial charge in [0.25, 0.3) is 0 Å².